The van der Waals surface area contributed by atoms with Gasteiger partial charge in [-0.3, -0.25) is 14.7 Å². The van der Waals surface area contributed by atoms with E-state index in [0.717, 1.165) is 18.5 Å². The second-order valence-electron chi connectivity index (χ2n) is 7.07. The minimum atomic E-state index is -0.437. The predicted octanol–water partition coefficient (Wildman–Crippen LogP) is 4.28. The van der Waals surface area contributed by atoms with Crippen LogP contribution in [0.1, 0.15) is 24.0 Å². The second-order valence-corrected chi connectivity index (χ2v) is 7.51. The first-order valence-electron chi connectivity index (χ1n) is 10.4. The molecular formula is C24H30ClN3O4. The molecule has 0 bridgehead atoms. The van der Waals surface area contributed by atoms with Gasteiger partial charge in [-0.15, -0.1) is 0 Å². The Bertz CT molecular complexity index is 874. The highest BCUT2D eigenvalue weighted by atomic mass is 35.5. The van der Waals surface area contributed by atoms with Crippen LogP contribution in [0.25, 0.3) is 0 Å². The average Bonchev–Trinajstić information content (AvgIpc) is 3.35. The van der Waals surface area contributed by atoms with Crippen LogP contribution in [0.3, 0.4) is 0 Å². The van der Waals surface area contributed by atoms with Crippen molar-refractivity contribution in [3.05, 3.63) is 89.2 Å². The van der Waals surface area contributed by atoms with Gasteiger partial charge in [-0.1, -0.05) is 54.1 Å². The van der Waals surface area contributed by atoms with Crippen molar-refractivity contribution in [3.8, 4) is 0 Å². The topological polar surface area (TPSA) is 85.6 Å². The lowest BCUT2D eigenvalue weighted by atomic mass is 10.0. The van der Waals surface area contributed by atoms with E-state index in [1.165, 1.54) is 5.56 Å². The van der Waals surface area contributed by atoms with Crippen LogP contribution in [0.15, 0.2) is 73.1 Å². The van der Waals surface area contributed by atoms with Crippen molar-refractivity contribution >= 4 is 17.5 Å². The number of amides is 1. The van der Waals surface area contributed by atoms with Crippen LogP contribution in [0.4, 0.5) is 0 Å². The summed E-state index contributed by atoms with van der Waals surface area (Å²) in [6.45, 7) is 2.17. The van der Waals surface area contributed by atoms with Crippen LogP contribution in [0.5, 0.6) is 0 Å². The largest absolute Gasteiger partial charge is 0.381 e. The Morgan fingerprint density at radius 3 is 2.50 bits per heavy atom. The highest BCUT2D eigenvalue weighted by Crippen LogP contribution is 2.13. The SMILES string of the molecule is COC(CCc1ccc(Cl)cc1)CC(=O)NO.c1ccc(COCCn2cccn2)cc1. The lowest BCUT2D eigenvalue weighted by Crippen LogP contribution is -2.25. The summed E-state index contributed by atoms with van der Waals surface area (Å²) < 4.78 is 12.6. The summed E-state index contributed by atoms with van der Waals surface area (Å²) in [6.07, 6.45) is 5.18. The van der Waals surface area contributed by atoms with Crippen molar-refractivity contribution in [1.82, 2.24) is 15.3 Å². The zero-order valence-electron chi connectivity index (χ0n) is 18.2. The molecule has 0 aliphatic rings. The normalized spacial score (nSPS) is 11.3. The lowest BCUT2D eigenvalue weighted by molar-refractivity contribution is -0.131. The quantitative estimate of drug-likeness (QED) is 0.254. The monoisotopic (exact) mass is 459 g/mol. The summed E-state index contributed by atoms with van der Waals surface area (Å²) in [5, 5.41) is 13.2. The number of hydroxylamine groups is 1. The van der Waals surface area contributed by atoms with E-state index in [9.17, 15) is 4.79 Å². The second kappa shape index (κ2) is 15.2. The van der Waals surface area contributed by atoms with E-state index in [1.807, 2.05) is 59.4 Å². The van der Waals surface area contributed by atoms with Crippen LogP contribution < -0.4 is 5.48 Å². The number of carbonyl (C=O) groups excluding carboxylic acids is 1. The molecule has 7 nitrogen and oxygen atoms in total. The molecule has 0 fully saturated rings. The van der Waals surface area contributed by atoms with Gasteiger partial charge in [0, 0.05) is 24.5 Å². The lowest BCUT2D eigenvalue weighted by Gasteiger charge is -2.13. The first-order valence-corrected chi connectivity index (χ1v) is 10.8. The molecule has 1 aromatic heterocycles. The number of nitrogens with zero attached hydrogens (tertiary/aromatic N) is 2. The summed E-state index contributed by atoms with van der Waals surface area (Å²) in [5.41, 5.74) is 3.95. The van der Waals surface area contributed by atoms with Gasteiger partial charge in [0.15, 0.2) is 0 Å². The molecule has 0 saturated carbocycles. The number of hydrogen-bond acceptors (Lipinski definition) is 5. The summed E-state index contributed by atoms with van der Waals surface area (Å²) in [6, 6.07) is 19.6. The first kappa shape index (κ1) is 25.5. The molecule has 1 amide bonds. The molecule has 1 unspecified atom stereocenters. The van der Waals surface area contributed by atoms with E-state index in [0.29, 0.717) is 24.7 Å². The molecule has 1 heterocycles. The molecule has 3 rings (SSSR count). The highest BCUT2D eigenvalue weighted by Gasteiger charge is 2.12. The zero-order chi connectivity index (χ0) is 23.0. The van der Waals surface area contributed by atoms with Crippen LogP contribution in [0.2, 0.25) is 5.02 Å². The van der Waals surface area contributed by atoms with E-state index < -0.39 is 5.91 Å². The van der Waals surface area contributed by atoms with Crippen molar-refractivity contribution in [1.29, 1.82) is 0 Å². The van der Waals surface area contributed by atoms with Crippen molar-refractivity contribution < 1.29 is 19.5 Å². The standard InChI is InChI=1S/C12H16ClNO3.C12H14N2O/c1-17-11(8-12(15)14-16)7-4-9-2-5-10(13)6-3-9;1-2-5-12(6-3-1)11-15-10-9-14-8-4-7-13-14/h2-3,5-6,11,16H,4,7-8H2,1H3,(H,14,15);1-8H,9-11H2. The number of halogens is 1. The maximum Gasteiger partial charge on any atom is 0.245 e. The average molecular weight is 460 g/mol. The summed E-state index contributed by atoms with van der Waals surface area (Å²) in [4.78, 5) is 11.0. The van der Waals surface area contributed by atoms with Gasteiger partial charge in [-0.2, -0.15) is 5.10 Å². The van der Waals surface area contributed by atoms with E-state index in [4.69, 9.17) is 26.3 Å². The van der Waals surface area contributed by atoms with Gasteiger partial charge in [-0.05, 0) is 42.2 Å². The number of aryl methyl sites for hydroxylation is 1. The van der Waals surface area contributed by atoms with E-state index >= 15 is 0 Å². The Morgan fingerprint density at radius 1 is 1.12 bits per heavy atom. The fourth-order valence-corrected chi connectivity index (χ4v) is 3.02. The Kier molecular flexibility index (Phi) is 12.1. The Morgan fingerprint density at radius 2 is 1.88 bits per heavy atom. The third kappa shape index (κ3) is 10.5. The number of hydrogen-bond donors (Lipinski definition) is 2. The van der Waals surface area contributed by atoms with E-state index in [-0.39, 0.29) is 12.5 Å². The third-order valence-corrected chi connectivity index (χ3v) is 4.93. The molecule has 2 aromatic carbocycles. The van der Waals surface area contributed by atoms with E-state index in [1.54, 1.807) is 18.8 Å². The molecule has 32 heavy (non-hydrogen) atoms. The minimum Gasteiger partial charge on any atom is -0.381 e. The van der Waals surface area contributed by atoms with E-state index in [2.05, 4.69) is 17.2 Å². The Labute approximate surface area is 193 Å². The van der Waals surface area contributed by atoms with Crippen LogP contribution in [-0.4, -0.2) is 40.7 Å². The number of nitrogens with one attached hydrogen (secondary N) is 1. The first-order chi connectivity index (χ1) is 15.6. The van der Waals surface area contributed by atoms with Crippen LogP contribution in [-0.2, 0) is 33.8 Å². The number of carbonyl (C=O) groups is 1. The van der Waals surface area contributed by atoms with Crippen molar-refractivity contribution in [2.45, 2.75) is 38.5 Å². The Balaban J connectivity index is 0.000000228. The smallest absolute Gasteiger partial charge is 0.245 e. The highest BCUT2D eigenvalue weighted by molar-refractivity contribution is 6.30. The molecule has 2 N–H and O–H groups in total. The minimum absolute atomic E-state index is 0.153. The maximum atomic E-state index is 11.0. The predicted molar refractivity (Wildman–Crippen MR) is 123 cm³/mol. The molecule has 0 spiro atoms. The van der Waals surface area contributed by atoms with Gasteiger partial charge in [0.05, 0.1) is 32.3 Å². The molecule has 3 aromatic rings. The summed E-state index contributed by atoms with van der Waals surface area (Å²) >= 11 is 5.78. The molecular weight excluding hydrogens is 430 g/mol. The maximum absolute atomic E-state index is 11.0. The fraction of sp³-hybridized carbons (Fsp3) is 0.333. The van der Waals surface area contributed by atoms with Gasteiger partial charge in [-0.25, -0.2) is 5.48 Å². The van der Waals surface area contributed by atoms with Gasteiger partial charge in [0.2, 0.25) is 5.91 Å². The Hall–Kier alpha value is -2.71. The molecule has 172 valence electrons. The molecule has 0 aliphatic heterocycles. The van der Waals surface area contributed by atoms with Gasteiger partial charge < -0.3 is 9.47 Å². The van der Waals surface area contributed by atoms with Crippen molar-refractivity contribution in [2.75, 3.05) is 13.7 Å². The molecule has 8 heteroatoms. The molecule has 0 aliphatic carbocycles. The molecule has 0 radical (unpaired) electrons. The van der Waals surface area contributed by atoms with Crippen molar-refractivity contribution in [2.24, 2.45) is 0 Å². The third-order valence-electron chi connectivity index (χ3n) is 4.67. The number of benzene rings is 2. The van der Waals surface area contributed by atoms with Crippen LogP contribution in [0, 0.1) is 0 Å². The fourth-order valence-electron chi connectivity index (χ4n) is 2.89. The number of methoxy groups -OCH3 is 1. The number of rotatable bonds is 11. The van der Waals surface area contributed by atoms with Gasteiger partial charge >= 0.3 is 0 Å². The zero-order valence-corrected chi connectivity index (χ0v) is 18.9. The van der Waals surface area contributed by atoms with Crippen LogP contribution >= 0.6 is 11.6 Å². The van der Waals surface area contributed by atoms with Gasteiger partial charge in [0.1, 0.15) is 0 Å². The summed E-state index contributed by atoms with van der Waals surface area (Å²) in [7, 11) is 1.55. The molecule has 1 atom stereocenters. The number of aromatic nitrogens is 2. The molecule has 0 saturated heterocycles. The van der Waals surface area contributed by atoms with Gasteiger partial charge in [0.25, 0.3) is 0 Å². The summed E-state index contributed by atoms with van der Waals surface area (Å²) in [5.74, 6) is -0.437. The number of ether oxygens (including phenoxy) is 2. The van der Waals surface area contributed by atoms with Crippen molar-refractivity contribution in [3.63, 3.8) is 0 Å².